The number of hydrogen-bond donors (Lipinski definition) is 1. The third-order valence-electron chi connectivity index (χ3n) is 0.732. The molecule has 0 saturated carbocycles. The smallest absolute Gasteiger partial charge is 0.155 e. The summed E-state index contributed by atoms with van der Waals surface area (Å²) >= 11 is 0. The predicted octanol–water partition coefficient (Wildman–Crippen LogP) is 1.05. The maximum absolute atomic E-state index is 10.2. The molecular formula is C6H10NaO2. The van der Waals surface area contributed by atoms with Gasteiger partial charge >= 0.3 is 0 Å². The van der Waals surface area contributed by atoms with Gasteiger partial charge in [-0.15, -0.1) is 0 Å². The van der Waals surface area contributed by atoms with E-state index in [-0.39, 0.29) is 41.1 Å². The van der Waals surface area contributed by atoms with E-state index in [9.17, 15) is 4.79 Å². The zero-order chi connectivity index (χ0) is 6.57. The van der Waals surface area contributed by atoms with Crippen LogP contribution >= 0.6 is 0 Å². The zero-order valence-electron chi connectivity index (χ0n) is 6.14. The molecule has 0 aromatic rings. The van der Waals surface area contributed by atoms with Crippen molar-refractivity contribution in [2.75, 3.05) is 0 Å². The molecule has 0 aliphatic rings. The number of hydrogen-bond acceptors (Lipinski definition) is 2. The molecule has 1 radical (unpaired) electrons. The molecule has 0 unspecified atom stereocenters. The van der Waals surface area contributed by atoms with E-state index in [0.717, 1.165) is 0 Å². The van der Waals surface area contributed by atoms with Crippen molar-refractivity contribution in [1.29, 1.82) is 0 Å². The van der Waals surface area contributed by atoms with Gasteiger partial charge in [-0.3, -0.25) is 4.79 Å². The molecule has 0 aromatic carbocycles. The van der Waals surface area contributed by atoms with Gasteiger partial charge in [0.2, 0.25) is 0 Å². The molecule has 0 aliphatic heterocycles. The average molecular weight is 137 g/mol. The monoisotopic (exact) mass is 137 g/mol. The molecule has 0 fully saturated rings. The van der Waals surface area contributed by atoms with E-state index < -0.39 is 0 Å². The number of allylic oxidation sites excluding steroid dienone is 2. The Morgan fingerprint density at radius 3 is 2.22 bits per heavy atom. The van der Waals surface area contributed by atoms with Crippen molar-refractivity contribution in [2.45, 2.75) is 20.3 Å². The van der Waals surface area contributed by atoms with Gasteiger partial charge in [-0.25, -0.2) is 0 Å². The largest absolute Gasteiger partial charge is 0.512 e. The maximum atomic E-state index is 10.2. The van der Waals surface area contributed by atoms with E-state index in [4.69, 9.17) is 5.11 Å². The topological polar surface area (TPSA) is 37.3 Å². The summed E-state index contributed by atoms with van der Waals surface area (Å²) in [6.45, 7) is 3.20. The quantitative estimate of drug-likeness (QED) is 0.351. The van der Waals surface area contributed by atoms with Gasteiger partial charge < -0.3 is 5.11 Å². The van der Waals surface area contributed by atoms with Crippen molar-refractivity contribution in [2.24, 2.45) is 0 Å². The Morgan fingerprint density at radius 1 is 1.67 bits per heavy atom. The summed E-state index contributed by atoms with van der Waals surface area (Å²) in [5.74, 6) is 0.0434. The Bertz CT molecular complexity index is 118. The van der Waals surface area contributed by atoms with E-state index in [1.165, 1.54) is 13.0 Å². The van der Waals surface area contributed by atoms with E-state index >= 15 is 0 Å². The van der Waals surface area contributed by atoms with Crippen LogP contribution in [0.15, 0.2) is 11.8 Å². The van der Waals surface area contributed by atoms with Crippen molar-refractivity contribution in [3.05, 3.63) is 11.8 Å². The van der Waals surface area contributed by atoms with Crippen LogP contribution in [0.25, 0.3) is 0 Å². The minimum atomic E-state index is -0.107. The number of carbonyl (C=O) groups is 1. The normalized spacial score (nSPS) is 10.2. The summed E-state index contributed by atoms with van der Waals surface area (Å²) in [6, 6.07) is 0. The summed E-state index contributed by atoms with van der Waals surface area (Å²) in [7, 11) is 0. The Hall–Kier alpha value is 0.210. The Labute approximate surface area is 77.2 Å². The molecule has 0 bridgehead atoms. The summed E-state index contributed by atoms with van der Waals surface area (Å²) in [5, 5.41) is 8.67. The van der Waals surface area contributed by atoms with Crippen molar-refractivity contribution < 1.29 is 9.90 Å². The molecule has 0 rings (SSSR count). The van der Waals surface area contributed by atoms with Crippen LogP contribution in [0.4, 0.5) is 0 Å². The number of rotatable bonds is 2. The minimum absolute atomic E-state index is 0. The van der Waals surface area contributed by atoms with Crippen LogP contribution in [-0.4, -0.2) is 40.4 Å². The molecular weight excluding hydrogens is 127 g/mol. The van der Waals surface area contributed by atoms with Gasteiger partial charge in [-0.2, -0.15) is 0 Å². The van der Waals surface area contributed by atoms with Gasteiger partial charge in [0.05, 0.1) is 5.76 Å². The van der Waals surface area contributed by atoms with Crippen LogP contribution in [0, 0.1) is 0 Å². The molecule has 0 spiro atoms. The average Bonchev–Trinajstić information content (AvgIpc) is 1.65. The minimum Gasteiger partial charge on any atom is -0.512 e. The summed E-state index contributed by atoms with van der Waals surface area (Å²) in [4.78, 5) is 10.2. The zero-order valence-corrected chi connectivity index (χ0v) is 8.14. The van der Waals surface area contributed by atoms with Gasteiger partial charge in [0.15, 0.2) is 5.78 Å². The number of ketones is 1. The number of aliphatic hydroxyl groups is 1. The molecule has 1 N–H and O–H groups in total. The van der Waals surface area contributed by atoms with Crippen molar-refractivity contribution in [3.63, 3.8) is 0 Å². The first-order valence-corrected chi connectivity index (χ1v) is 2.57. The molecule has 0 amide bonds. The van der Waals surface area contributed by atoms with Crippen LogP contribution in [-0.2, 0) is 4.79 Å². The molecule has 9 heavy (non-hydrogen) atoms. The fourth-order valence-corrected chi connectivity index (χ4v) is 0.337. The molecule has 47 valence electrons. The Kier molecular flexibility index (Phi) is 8.40. The van der Waals surface area contributed by atoms with E-state index in [1.807, 2.05) is 0 Å². The second-order valence-electron chi connectivity index (χ2n) is 1.60. The Morgan fingerprint density at radius 2 is 2.11 bits per heavy atom. The van der Waals surface area contributed by atoms with Gasteiger partial charge in [-0.1, -0.05) is 6.92 Å². The van der Waals surface area contributed by atoms with Gasteiger partial charge in [0, 0.05) is 42.1 Å². The first kappa shape index (κ1) is 11.9. The second-order valence-corrected chi connectivity index (χ2v) is 1.60. The first-order valence-electron chi connectivity index (χ1n) is 2.57. The Balaban J connectivity index is 0. The number of aliphatic hydroxyl groups excluding tert-OH is 1. The third kappa shape index (κ3) is 8.21. The summed E-state index contributed by atoms with van der Waals surface area (Å²) in [6.07, 6.45) is 1.75. The summed E-state index contributed by atoms with van der Waals surface area (Å²) in [5.41, 5.74) is 0. The van der Waals surface area contributed by atoms with Crippen molar-refractivity contribution in [1.82, 2.24) is 0 Å². The van der Waals surface area contributed by atoms with Gasteiger partial charge in [0.25, 0.3) is 0 Å². The standard InChI is InChI=1S/C6H10O2.Na/c1-3-6(8)4-5(2)7;/h4,8H,3H2,1-2H3;. The second kappa shape index (κ2) is 6.33. The van der Waals surface area contributed by atoms with Crippen LogP contribution in [0.2, 0.25) is 0 Å². The van der Waals surface area contributed by atoms with Crippen LogP contribution in [0.3, 0.4) is 0 Å². The molecule has 0 atom stereocenters. The first-order chi connectivity index (χ1) is 3.66. The molecule has 3 heteroatoms. The van der Waals surface area contributed by atoms with Crippen molar-refractivity contribution >= 4 is 35.3 Å². The molecule has 0 aromatic heterocycles. The van der Waals surface area contributed by atoms with Crippen LogP contribution in [0.5, 0.6) is 0 Å². The van der Waals surface area contributed by atoms with Gasteiger partial charge in [0.1, 0.15) is 0 Å². The van der Waals surface area contributed by atoms with E-state index in [1.54, 1.807) is 6.92 Å². The molecule has 0 aliphatic carbocycles. The molecule has 0 heterocycles. The predicted molar refractivity (Wildman–Crippen MR) is 37.4 cm³/mol. The molecule has 2 nitrogen and oxygen atoms in total. The SMILES string of the molecule is CCC(O)=CC(C)=O.[Na]. The van der Waals surface area contributed by atoms with E-state index in [0.29, 0.717) is 6.42 Å². The van der Waals surface area contributed by atoms with Crippen LogP contribution in [0.1, 0.15) is 20.3 Å². The van der Waals surface area contributed by atoms with Crippen LogP contribution < -0.4 is 0 Å². The van der Waals surface area contributed by atoms with E-state index in [2.05, 4.69) is 0 Å². The number of carbonyl (C=O) groups excluding carboxylic acids is 1. The third-order valence-corrected chi connectivity index (χ3v) is 0.732. The fourth-order valence-electron chi connectivity index (χ4n) is 0.337. The summed E-state index contributed by atoms with van der Waals surface area (Å²) < 4.78 is 0. The molecule has 0 saturated heterocycles. The fraction of sp³-hybridized carbons (Fsp3) is 0.500. The van der Waals surface area contributed by atoms with Crippen molar-refractivity contribution in [3.8, 4) is 0 Å². The van der Waals surface area contributed by atoms with Gasteiger partial charge in [-0.05, 0) is 6.92 Å². The maximum Gasteiger partial charge on any atom is 0.155 e.